The average molecular weight is 199 g/mol. The van der Waals surface area contributed by atoms with Gasteiger partial charge in [0.05, 0.1) is 6.10 Å². The zero-order valence-electron chi connectivity index (χ0n) is 7.72. The monoisotopic (exact) mass is 199 g/mol. The molecule has 0 bridgehead atoms. The fourth-order valence-corrected chi connectivity index (χ4v) is 1.86. The molecule has 2 fully saturated rings. The average Bonchev–Trinajstić information content (AvgIpc) is 2.87. The Hall–Kier alpha value is -1.10. The van der Waals surface area contributed by atoms with E-state index in [0.29, 0.717) is 0 Å². The fraction of sp³-hybridized carbons (Fsp3) is 0.778. The number of carboxylic acid groups (broad SMARTS) is 1. The number of amides is 1. The van der Waals surface area contributed by atoms with Gasteiger partial charge in [-0.15, -0.1) is 0 Å². The van der Waals surface area contributed by atoms with Gasteiger partial charge in [-0.1, -0.05) is 0 Å². The molecule has 0 spiro atoms. The highest BCUT2D eigenvalue weighted by Gasteiger charge is 2.43. The lowest BCUT2D eigenvalue weighted by molar-refractivity contribution is -0.148. The summed E-state index contributed by atoms with van der Waals surface area (Å²) in [5, 5.41) is 18.2. The third-order valence-electron chi connectivity index (χ3n) is 2.77. The molecule has 5 heteroatoms. The van der Waals surface area contributed by atoms with Crippen molar-refractivity contribution in [2.24, 2.45) is 5.92 Å². The van der Waals surface area contributed by atoms with Crippen molar-refractivity contribution in [2.45, 2.75) is 31.4 Å². The second kappa shape index (κ2) is 3.24. The normalized spacial score (nSPS) is 31.9. The number of carboxylic acids is 1. The number of carbonyl (C=O) groups is 2. The molecule has 14 heavy (non-hydrogen) atoms. The van der Waals surface area contributed by atoms with E-state index in [0.717, 1.165) is 12.8 Å². The largest absolute Gasteiger partial charge is 0.480 e. The van der Waals surface area contributed by atoms with Crippen molar-refractivity contribution in [2.75, 3.05) is 6.54 Å². The van der Waals surface area contributed by atoms with E-state index in [1.54, 1.807) is 0 Å². The first-order valence-corrected chi connectivity index (χ1v) is 4.81. The number of nitrogens with zero attached hydrogens (tertiary/aromatic N) is 1. The van der Waals surface area contributed by atoms with Gasteiger partial charge >= 0.3 is 5.97 Å². The van der Waals surface area contributed by atoms with Crippen molar-refractivity contribution in [3.8, 4) is 0 Å². The number of aliphatic hydroxyl groups excluding tert-OH is 1. The van der Waals surface area contributed by atoms with Gasteiger partial charge < -0.3 is 15.1 Å². The Morgan fingerprint density at radius 3 is 2.43 bits per heavy atom. The summed E-state index contributed by atoms with van der Waals surface area (Å²) >= 11 is 0. The first kappa shape index (κ1) is 9.45. The Bertz CT molecular complexity index is 274. The summed E-state index contributed by atoms with van der Waals surface area (Å²) in [5.41, 5.74) is 0. The summed E-state index contributed by atoms with van der Waals surface area (Å²) in [6.07, 6.45) is 1.20. The molecule has 5 nitrogen and oxygen atoms in total. The van der Waals surface area contributed by atoms with Gasteiger partial charge in [0.2, 0.25) is 5.91 Å². The highest BCUT2D eigenvalue weighted by atomic mass is 16.4. The highest BCUT2D eigenvalue weighted by Crippen LogP contribution is 2.33. The van der Waals surface area contributed by atoms with Crippen LogP contribution in [0.4, 0.5) is 0 Å². The summed E-state index contributed by atoms with van der Waals surface area (Å²) in [7, 11) is 0. The summed E-state index contributed by atoms with van der Waals surface area (Å²) < 4.78 is 0. The first-order chi connectivity index (χ1) is 6.59. The summed E-state index contributed by atoms with van der Waals surface area (Å²) in [6.45, 7) is 0.173. The van der Waals surface area contributed by atoms with Gasteiger partial charge in [0, 0.05) is 18.9 Å². The van der Waals surface area contributed by atoms with Crippen LogP contribution in [-0.2, 0) is 9.59 Å². The van der Waals surface area contributed by atoms with Crippen LogP contribution in [0, 0.1) is 5.92 Å². The van der Waals surface area contributed by atoms with Crippen molar-refractivity contribution >= 4 is 11.9 Å². The standard InChI is InChI=1S/C9H13NO4/c11-6-3-7(9(13)14)10(4-6)8(12)5-1-2-5/h5-7,11H,1-4H2,(H,13,14)/t6-,7-/m0/s1. The van der Waals surface area contributed by atoms with Crippen LogP contribution < -0.4 is 0 Å². The minimum Gasteiger partial charge on any atom is -0.480 e. The molecular formula is C9H13NO4. The molecule has 1 saturated heterocycles. The molecule has 1 amide bonds. The van der Waals surface area contributed by atoms with E-state index in [1.165, 1.54) is 4.90 Å². The molecule has 0 aromatic heterocycles. The lowest BCUT2D eigenvalue weighted by Crippen LogP contribution is -2.41. The molecule has 2 N–H and O–H groups in total. The summed E-state index contributed by atoms with van der Waals surface area (Å²) in [6, 6.07) is -0.821. The molecule has 2 aliphatic rings. The van der Waals surface area contributed by atoms with E-state index in [2.05, 4.69) is 0 Å². The quantitative estimate of drug-likeness (QED) is 0.625. The van der Waals surface area contributed by atoms with Gasteiger partial charge in [0.25, 0.3) is 0 Å². The van der Waals surface area contributed by atoms with Crippen LogP contribution in [0.25, 0.3) is 0 Å². The Morgan fingerprint density at radius 1 is 1.29 bits per heavy atom. The lowest BCUT2D eigenvalue weighted by atomic mass is 10.2. The third-order valence-corrected chi connectivity index (χ3v) is 2.77. The predicted octanol–water partition coefficient (Wildman–Crippen LogP) is -0.557. The molecule has 78 valence electrons. The second-order valence-electron chi connectivity index (χ2n) is 4.01. The van der Waals surface area contributed by atoms with Gasteiger partial charge in [-0.25, -0.2) is 4.79 Å². The molecule has 1 saturated carbocycles. The smallest absolute Gasteiger partial charge is 0.326 e. The molecule has 0 radical (unpaired) electrons. The minimum absolute atomic E-state index is 0.0159. The van der Waals surface area contributed by atoms with Gasteiger partial charge in [0.1, 0.15) is 6.04 Å². The third kappa shape index (κ3) is 1.59. The molecule has 0 aromatic rings. The minimum atomic E-state index is -1.02. The van der Waals surface area contributed by atoms with E-state index >= 15 is 0 Å². The maximum atomic E-state index is 11.6. The Morgan fingerprint density at radius 2 is 1.93 bits per heavy atom. The number of likely N-dealkylation sites (tertiary alicyclic amines) is 1. The van der Waals surface area contributed by atoms with Crippen LogP contribution in [-0.4, -0.2) is 45.7 Å². The molecular weight excluding hydrogens is 186 g/mol. The molecule has 0 aromatic carbocycles. The number of aliphatic carboxylic acids is 1. The van der Waals surface area contributed by atoms with Crippen molar-refractivity contribution in [3.05, 3.63) is 0 Å². The van der Waals surface area contributed by atoms with E-state index in [9.17, 15) is 14.7 Å². The predicted molar refractivity (Wildman–Crippen MR) is 46.5 cm³/mol. The van der Waals surface area contributed by atoms with Gasteiger partial charge in [0.15, 0.2) is 0 Å². The Kier molecular flexibility index (Phi) is 2.19. The van der Waals surface area contributed by atoms with Crippen LogP contribution in [0.2, 0.25) is 0 Å². The first-order valence-electron chi connectivity index (χ1n) is 4.81. The number of rotatable bonds is 2. The molecule has 1 heterocycles. The van der Waals surface area contributed by atoms with Gasteiger partial charge in [-0.3, -0.25) is 4.79 Å². The number of hydrogen-bond acceptors (Lipinski definition) is 3. The van der Waals surface area contributed by atoms with Crippen molar-refractivity contribution in [3.63, 3.8) is 0 Å². The number of β-amino-alcohol motifs (C(OH)–C–C–N with tert-alkyl or cyclic N) is 1. The van der Waals surface area contributed by atoms with E-state index in [4.69, 9.17) is 5.11 Å². The van der Waals surface area contributed by atoms with Crippen molar-refractivity contribution < 1.29 is 19.8 Å². The van der Waals surface area contributed by atoms with Crippen LogP contribution >= 0.6 is 0 Å². The highest BCUT2D eigenvalue weighted by molar-refractivity contribution is 5.87. The molecule has 2 atom stereocenters. The molecule has 0 unspecified atom stereocenters. The molecule has 1 aliphatic heterocycles. The van der Waals surface area contributed by atoms with Crippen LogP contribution in [0.1, 0.15) is 19.3 Å². The topological polar surface area (TPSA) is 77.8 Å². The summed E-state index contributed by atoms with van der Waals surface area (Å²) in [4.78, 5) is 23.7. The van der Waals surface area contributed by atoms with Crippen molar-refractivity contribution in [1.82, 2.24) is 4.90 Å². The maximum absolute atomic E-state index is 11.6. The number of carbonyl (C=O) groups excluding carboxylic acids is 1. The molecule has 2 rings (SSSR count). The maximum Gasteiger partial charge on any atom is 0.326 e. The van der Waals surface area contributed by atoms with Gasteiger partial charge in [-0.2, -0.15) is 0 Å². The van der Waals surface area contributed by atoms with E-state index in [-0.39, 0.29) is 24.8 Å². The van der Waals surface area contributed by atoms with Gasteiger partial charge in [-0.05, 0) is 12.8 Å². The summed E-state index contributed by atoms with van der Waals surface area (Å²) in [5.74, 6) is -1.10. The van der Waals surface area contributed by atoms with E-state index < -0.39 is 18.1 Å². The van der Waals surface area contributed by atoms with Crippen LogP contribution in [0.5, 0.6) is 0 Å². The Balaban J connectivity index is 2.07. The lowest BCUT2D eigenvalue weighted by Gasteiger charge is -2.20. The SMILES string of the molecule is O=C(O)[C@@H]1C[C@H](O)CN1C(=O)C1CC1. The zero-order valence-corrected chi connectivity index (χ0v) is 7.72. The van der Waals surface area contributed by atoms with Crippen LogP contribution in [0.15, 0.2) is 0 Å². The van der Waals surface area contributed by atoms with E-state index in [1.807, 2.05) is 0 Å². The Labute approximate surface area is 81.3 Å². The molecule has 1 aliphatic carbocycles. The number of hydrogen-bond donors (Lipinski definition) is 2. The van der Waals surface area contributed by atoms with Crippen LogP contribution in [0.3, 0.4) is 0 Å². The number of aliphatic hydroxyl groups is 1. The van der Waals surface area contributed by atoms with Crippen molar-refractivity contribution in [1.29, 1.82) is 0 Å². The second-order valence-corrected chi connectivity index (χ2v) is 4.01. The fourth-order valence-electron chi connectivity index (χ4n) is 1.86. The zero-order chi connectivity index (χ0) is 10.3.